The van der Waals surface area contributed by atoms with Gasteiger partial charge in [-0.2, -0.15) is 0 Å². The van der Waals surface area contributed by atoms with E-state index in [1.165, 1.54) is 17.0 Å². The molecule has 0 radical (unpaired) electrons. The summed E-state index contributed by atoms with van der Waals surface area (Å²) in [6, 6.07) is 7.67. The lowest BCUT2D eigenvalue weighted by atomic mass is 10.1. The van der Waals surface area contributed by atoms with Crippen molar-refractivity contribution in [1.82, 2.24) is 9.88 Å². The first kappa shape index (κ1) is 13.0. The van der Waals surface area contributed by atoms with Gasteiger partial charge in [0, 0.05) is 31.7 Å². The fraction of sp³-hybridized carbons (Fsp3) is 0.143. The average Bonchev–Trinajstić information content (AvgIpc) is 2.39. The topological polar surface area (TPSA) is 59.2 Å². The van der Waals surface area contributed by atoms with Crippen LogP contribution in [0.5, 0.6) is 0 Å². The van der Waals surface area contributed by atoms with Crippen molar-refractivity contribution in [3.63, 3.8) is 0 Å². The molecule has 19 heavy (non-hydrogen) atoms. The summed E-state index contributed by atoms with van der Waals surface area (Å²) in [4.78, 5) is 17.5. The standard InChI is InChI=1S/C14H14FN3O/c1-18(9-10-4-6-17-7-5-10)14(19)12-3-2-11(16)8-13(12)15/h2-8H,9,16H2,1H3. The lowest BCUT2D eigenvalue weighted by Crippen LogP contribution is -2.27. The van der Waals surface area contributed by atoms with Crippen LogP contribution >= 0.6 is 0 Å². The molecule has 0 aliphatic carbocycles. The predicted octanol–water partition coefficient (Wildman–Crippen LogP) is 2.08. The third-order valence-electron chi connectivity index (χ3n) is 2.74. The molecule has 1 heterocycles. The highest BCUT2D eigenvalue weighted by molar-refractivity contribution is 5.94. The lowest BCUT2D eigenvalue weighted by Gasteiger charge is -2.17. The Morgan fingerprint density at radius 2 is 2.00 bits per heavy atom. The molecule has 1 amide bonds. The van der Waals surface area contributed by atoms with Gasteiger partial charge in [-0.25, -0.2) is 4.39 Å². The van der Waals surface area contributed by atoms with Gasteiger partial charge in [-0.3, -0.25) is 9.78 Å². The van der Waals surface area contributed by atoms with Gasteiger partial charge in [0.05, 0.1) is 5.56 Å². The number of carbonyl (C=O) groups excluding carboxylic acids is 1. The first-order valence-corrected chi connectivity index (χ1v) is 5.77. The van der Waals surface area contributed by atoms with Crippen LogP contribution in [0.2, 0.25) is 0 Å². The number of amides is 1. The van der Waals surface area contributed by atoms with Crippen molar-refractivity contribution in [2.75, 3.05) is 12.8 Å². The summed E-state index contributed by atoms with van der Waals surface area (Å²) in [6.45, 7) is 0.394. The van der Waals surface area contributed by atoms with Gasteiger partial charge in [0.15, 0.2) is 0 Å². The van der Waals surface area contributed by atoms with Gasteiger partial charge in [0.1, 0.15) is 5.82 Å². The van der Waals surface area contributed by atoms with Crippen molar-refractivity contribution in [3.05, 3.63) is 59.7 Å². The Morgan fingerprint density at radius 1 is 1.32 bits per heavy atom. The zero-order valence-electron chi connectivity index (χ0n) is 10.5. The molecule has 2 aromatic rings. The van der Waals surface area contributed by atoms with Crippen molar-refractivity contribution in [2.24, 2.45) is 0 Å². The Labute approximate surface area is 110 Å². The number of rotatable bonds is 3. The summed E-state index contributed by atoms with van der Waals surface area (Å²) in [5.41, 5.74) is 6.70. The van der Waals surface area contributed by atoms with Crippen LogP contribution in [-0.2, 0) is 6.54 Å². The highest BCUT2D eigenvalue weighted by Crippen LogP contribution is 2.14. The summed E-state index contributed by atoms with van der Waals surface area (Å²) in [7, 11) is 1.62. The number of nitrogen functional groups attached to an aromatic ring is 1. The van der Waals surface area contributed by atoms with Crippen molar-refractivity contribution in [2.45, 2.75) is 6.54 Å². The van der Waals surface area contributed by atoms with Crippen LogP contribution in [-0.4, -0.2) is 22.8 Å². The smallest absolute Gasteiger partial charge is 0.256 e. The molecular weight excluding hydrogens is 245 g/mol. The van der Waals surface area contributed by atoms with Gasteiger partial charge in [0.2, 0.25) is 0 Å². The zero-order valence-corrected chi connectivity index (χ0v) is 10.5. The number of hydrogen-bond acceptors (Lipinski definition) is 3. The van der Waals surface area contributed by atoms with Crippen LogP contribution in [0, 0.1) is 5.82 Å². The van der Waals surface area contributed by atoms with E-state index < -0.39 is 5.82 Å². The van der Waals surface area contributed by atoms with E-state index in [0.717, 1.165) is 11.6 Å². The largest absolute Gasteiger partial charge is 0.399 e. The Balaban J connectivity index is 2.15. The molecule has 0 spiro atoms. The molecule has 0 bridgehead atoms. The molecule has 0 atom stereocenters. The van der Waals surface area contributed by atoms with Crippen LogP contribution in [0.3, 0.4) is 0 Å². The highest BCUT2D eigenvalue weighted by atomic mass is 19.1. The Kier molecular flexibility index (Phi) is 3.75. The average molecular weight is 259 g/mol. The molecular formula is C14H14FN3O. The Bertz CT molecular complexity index is 586. The number of pyridine rings is 1. The fourth-order valence-corrected chi connectivity index (χ4v) is 1.74. The maximum Gasteiger partial charge on any atom is 0.256 e. The van der Waals surface area contributed by atoms with Crippen molar-refractivity contribution in [3.8, 4) is 0 Å². The van der Waals surface area contributed by atoms with Crippen molar-refractivity contribution >= 4 is 11.6 Å². The van der Waals surface area contributed by atoms with E-state index in [1.807, 2.05) is 12.1 Å². The van der Waals surface area contributed by atoms with E-state index in [4.69, 9.17) is 5.73 Å². The number of halogens is 1. The van der Waals surface area contributed by atoms with Gasteiger partial charge in [0.25, 0.3) is 5.91 Å². The van der Waals surface area contributed by atoms with Gasteiger partial charge in [-0.15, -0.1) is 0 Å². The van der Waals surface area contributed by atoms with Crippen molar-refractivity contribution in [1.29, 1.82) is 0 Å². The molecule has 4 nitrogen and oxygen atoms in total. The van der Waals surface area contributed by atoms with Gasteiger partial charge in [-0.05, 0) is 35.9 Å². The van der Waals surface area contributed by atoms with E-state index >= 15 is 0 Å². The lowest BCUT2D eigenvalue weighted by molar-refractivity contribution is 0.0780. The molecule has 1 aromatic carbocycles. The minimum absolute atomic E-state index is 0.0192. The molecule has 0 unspecified atom stereocenters. The fourth-order valence-electron chi connectivity index (χ4n) is 1.74. The molecule has 0 fully saturated rings. The first-order chi connectivity index (χ1) is 9.08. The van der Waals surface area contributed by atoms with Crippen LogP contribution in [0.4, 0.5) is 10.1 Å². The number of aromatic nitrogens is 1. The second kappa shape index (κ2) is 5.48. The molecule has 98 valence electrons. The molecule has 0 aliphatic rings. The van der Waals surface area contributed by atoms with Gasteiger partial charge < -0.3 is 10.6 Å². The SMILES string of the molecule is CN(Cc1ccncc1)C(=O)c1ccc(N)cc1F. The van der Waals surface area contributed by atoms with E-state index in [-0.39, 0.29) is 11.5 Å². The summed E-state index contributed by atoms with van der Waals surface area (Å²) in [6.07, 6.45) is 3.30. The number of nitrogens with zero attached hydrogens (tertiary/aromatic N) is 2. The third-order valence-corrected chi connectivity index (χ3v) is 2.74. The van der Waals surface area contributed by atoms with Crippen LogP contribution in [0.15, 0.2) is 42.7 Å². The normalized spacial score (nSPS) is 10.2. The van der Waals surface area contributed by atoms with E-state index in [1.54, 1.807) is 19.4 Å². The van der Waals surface area contributed by atoms with Gasteiger partial charge in [-0.1, -0.05) is 0 Å². The predicted molar refractivity (Wildman–Crippen MR) is 70.8 cm³/mol. The van der Waals surface area contributed by atoms with E-state index in [2.05, 4.69) is 4.98 Å². The molecule has 2 N–H and O–H groups in total. The van der Waals surface area contributed by atoms with Crippen LogP contribution in [0.25, 0.3) is 0 Å². The first-order valence-electron chi connectivity index (χ1n) is 5.77. The summed E-state index contributed by atoms with van der Waals surface area (Å²) in [5.74, 6) is -0.985. The quantitative estimate of drug-likeness (QED) is 0.858. The molecule has 0 saturated heterocycles. The van der Waals surface area contributed by atoms with Crippen LogP contribution < -0.4 is 5.73 Å². The van der Waals surface area contributed by atoms with Crippen LogP contribution in [0.1, 0.15) is 15.9 Å². The molecule has 1 aromatic heterocycles. The minimum Gasteiger partial charge on any atom is -0.399 e. The number of hydrogen-bond donors (Lipinski definition) is 1. The molecule has 0 saturated carbocycles. The second-order valence-electron chi connectivity index (χ2n) is 4.26. The summed E-state index contributed by atoms with van der Waals surface area (Å²) >= 11 is 0. The number of anilines is 1. The second-order valence-corrected chi connectivity index (χ2v) is 4.26. The van der Waals surface area contributed by atoms with Gasteiger partial charge >= 0.3 is 0 Å². The van der Waals surface area contributed by atoms with E-state index in [0.29, 0.717) is 12.2 Å². The molecule has 0 aliphatic heterocycles. The minimum atomic E-state index is -0.605. The maximum absolute atomic E-state index is 13.7. The molecule has 5 heteroatoms. The Morgan fingerprint density at radius 3 is 2.63 bits per heavy atom. The monoisotopic (exact) mass is 259 g/mol. The number of carbonyl (C=O) groups is 1. The number of benzene rings is 1. The summed E-state index contributed by atoms with van der Waals surface area (Å²) < 4.78 is 13.7. The van der Waals surface area contributed by atoms with Crippen molar-refractivity contribution < 1.29 is 9.18 Å². The highest BCUT2D eigenvalue weighted by Gasteiger charge is 2.16. The summed E-state index contributed by atoms with van der Waals surface area (Å²) in [5, 5.41) is 0. The molecule has 2 rings (SSSR count). The Hall–Kier alpha value is -2.43. The zero-order chi connectivity index (χ0) is 13.8. The number of nitrogens with two attached hydrogens (primary N) is 1. The third kappa shape index (κ3) is 3.07. The maximum atomic E-state index is 13.7. The van der Waals surface area contributed by atoms with E-state index in [9.17, 15) is 9.18 Å².